The number of halogens is 1. The third kappa shape index (κ3) is 13.6. The Kier molecular flexibility index (Phi) is 18.4. The third-order valence-corrected chi connectivity index (χ3v) is 13.1. The second-order valence-corrected chi connectivity index (χ2v) is 18.6. The molecule has 422 valence electrons. The van der Waals surface area contributed by atoms with Crippen LogP contribution in [0.25, 0.3) is 65.3 Å². The lowest BCUT2D eigenvalue weighted by Gasteiger charge is -2.08. The minimum Gasteiger partial charge on any atom is -0.397 e. The number of aromatic nitrogens is 5. The lowest BCUT2D eigenvalue weighted by molar-refractivity contribution is -0.385. The summed E-state index contributed by atoms with van der Waals surface area (Å²) in [7, 11) is 0. The molecule has 0 fully saturated rings. The molecule has 21 nitrogen and oxygen atoms in total. The van der Waals surface area contributed by atoms with Gasteiger partial charge in [-0.05, 0) is 83.7 Å². The van der Waals surface area contributed by atoms with E-state index in [1.807, 2.05) is 103 Å². The molecular weight excluding hydrogens is 1120 g/mol. The van der Waals surface area contributed by atoms with Gasteiger partial charge in [0.2, 0.25) is 0 Å². The highest BCUT2D eigenvalue weighted by atomic mass is 35.5. The fourth-order valence-corrected chi connectivity index (χ4v) is 9.12. The number of rotatable bonds is 8. The smallest absolute Gasteiger partial charge is 0.282 e. The number of carbonyl (C=O) groups is 3. The number of amides is 2. The number of nitro groups is 3. The van der Waals surface area contributed by atoms with Crippen LogP contribution in [-0.4, -0.2) is 56.7 Å². The van der Waals surface area contributed by atoms with Gasteiger partial charge in [-0.1, -0.05) is 127 Å². The molecule has 22 heteroatoms. The summed E-state index contributed by atoms with van der Waals surface area (Å²) >= 11 is 5.11. The maximum Gasteiger partial charge on any atom is 0.282 e. The molecule has 0 aliphatic rings. The van der Waals surface area contributed by atoms with Gasteiger partial charge in [0.1, 0.15) is 16.7 Å². The van der Waals surface area contributed by atoms with E-state index in [0.29, 0.717) is 27.8 Å². The maximum atomic E-state index is 12.3. The van der Waals surface area contributed by atoms with E-state index in [2.05, 4.69) is 35.6 Å². The lowest BCUT2D eigenvalue weighted by Crippen LogP contribution is -2.14. The number of aromatic amines is 1. The van der Waals surface area contributed by atoms with Crippen LogP contribution in [0.15, 0.2) is 242 Å². The number of carbonyl (C=O) groups excluding carboxylic acids is 3. The van der Waals surface area contributed by atoms with Crippen molar-refractivity contribution in [3.05, 3.63) is 294 Å². The second kappa shape index (κ2) is 27.0. The average molecular weight is 1160 g/mol. The molecule has 13 aromatic rings. The highest BCUT2D eigenvalue weighted by Gasteiger charge is 2.22. The van der Waals surface area contributed by atoms with Crippen LogP contribution in [0.4, 0.5) is 34.1 Å². The molecule has 0 unspecified atom stereocenters. The molecule has 0 radical (unpaired) electrons. The molecule has 0 bridgehead atoms. The molecule has 0 aliphatic carbocycles. The molecule has 5 aromatic heterocycles. The Morgan fingerprint density at radius 1 is 0.407 bits per heavy atom. The van der Waals surface area contributed by atoms with Crippen molar-refractivity contribution in [3.63, 3.8) is 0 Å². The minimum atomic E-state index is -0.817. The van der Waals surface area contributed by atoms with E-state index < -0.39 is 31.8 Å². The van der Waals surface area contributed by atoms with Crippen LogP contribution in [0.1, 0.15) is 31.1 Å². The average Bonchev–Trinajstić information content (AvgIpc) is 1.63. The van der Waals surface area contributed by atoms with Gasteiger partial charge in [-0.25, -0.2) is 0 Å². The Morgan fingerprint density at radius 3 is 1.23 bits per heavy atom. The van der Waals surface area contributed by atoms with Crippen molar-refractivity contribution in [3.8, 4) is 0 Å². The summed E-state index contributed by atoms with van der Waals surface area (Å²) in [5.41, 5.74) is 10.4. The number of hydrogen-bond donors (Lipinski definition) is 4. The molecule has 5 heterocycles. The number of nitrogens with one attached hydrogen (secondary N) is 3. The SMILES string of the molecule is Nc1cccc2cccnc12.O=C(Cl)c1ccccc1[N+](=O)[O-].O=C(Nc1cccc2cccnc12)c1ccccc1[N+](=O)[O-].O=C(Nc1cccc2cccnc12)c1ccccc1[N+](=O)[O-].O=c1[nH]c2c(ccc3cccnc32)c2ccccc12. The molecule has 0 spiro atoms. The molecule has 0 saturated carbocycles. The molecular formula is C64H44ClN11O10. The summed E-state index contributed by atoms with van der Waals surface area (Å²) in [6.07, 6.45) is 6.75. The number of nitrogen functional groups attached to an aromatic ring is 1. The van der Waals surface area contributed by atoms with Crippen LogP contribution >= 0.6 is 11.6 Å². The Bertz CT molecular complexity index is 4620. The van der Waals surface area contributed by atoms with Gasteiger partial charge in [0, 0.05) is 75.3 Å². The van der Waals surface area contributed by atoms with E-state index in [1.54, 1.807) is 73.3 Å². The van der Waals surface area contributed by atoms with Gasteiger partial charge < -0.3 is 21.4 Å². The zero-order valence-electron chi connectivity index (χ0n) is 44.7. The number of nitro benzene ring substituents is 3. The fraction of sp³-hybridized carbons (Fsp3) is 0. The van der Waals surface area contributed by atoms with Gasteiger partial charge in [-0.15, -0.1) is 0 Å². The normalized spacial score (nSPS) is 10.4. The standard InChI is InChI=1S/2C16H11N3O3.C16H10N2O.C9H8N2.C7H4ClNO3/c2*20-16(12-7-1-2-9-14(12)19(21)22)18-13-8-3-5-11-6-4-10-17-15(11)13;19-16-13-6-2-1-5-11(13)12-8-7-10-4-3-9-17-14(10)15(12)18-16;10-8-5-1-3-7-4-2-6-11-9(7)8;8-7(10)5-3-1-2-4-6(5)9(11)12/h2*1-10H,(H,18,20);1-9H,(H,18,19);1-6H,10H2;1-4H. The molecule has 86 heavy (non-hydrogen) atoms. The van der Waals surface area contributed by atoms with E-state index in [-0.39, 0.29) is 39.3 Å². The van der Waals surface area contributed by atoms with Crippen LogP contribution in [0.3, 0.4) is 0 Å². The number of H-pyrrole nitrogens is 1. The second-order valence-electron chi connectivity index (χ2n) is 18.3. The Labute approximate surface area is 490 Å². The number of nitrogens with two attached hydrogens (primary N) is 1. The van der Waals surface area contributed by atoms with Crippen LogP contribution in [0.2, 0.25) is 0 Å². The zero-order chi connectivity index (χ0) is 60.7. The van der Waals surface area contributed by atoms with Gasteiger partial charge in [0.05, 0.1) is 59.4 Å². The van der Waals surface area contributed by atoms with Crippen molar-refractivity contribution in [1.82, 2.24) is 24.9 Å². The van der Waals surface area contributed by atoms with E-state index >= 15 is 0 Å². The number of fused-ring (bicyclic) bond motifs is 8. The van der Waals surface area contributed by atoms with Crippen molar-refractivity contribution in [1.29, 1.82) is 0 Å². The van der Waals surface area contributed by atoms with E-state index in [9.17, 15) is 49.5 Å². The first kappa shape index (κ1) is 58.4. The summed E-state index contributed by atoms with van der Waals surface area (Å²) in [6, 6.07) is 60.6. The van der Waals surface area contributed by atoms with Crippen molar-refractivity contribution in [2.45, 2.75) is 0 Å². The number of hydrogen-bond acceptors (Lipinski definition) is 15. The molecule has 13 rings (SSSR count). The van der Waals surface area contributed by atoms with Crippen molar-refractivity contribution < 1.29 is 29.2 Å². The highest BCUT2D eigenvalue weighted by molar-refractivity contribution is 6.68. The van der Waals surface area contributed by atoms with Gasteiger partial charge in [0.25, 0.3) is 39.7 Å². The van der Waals surface area contributed by atoms with Crippen molar-refractivity contribution >= 4 is 128 Å². The third-order valence-electron chi connectivity index (χ3n) is 12.9. The van der Waals surface area contributed by atoms with Crippen molar-refractivity contribution in [2.75, 3.05) is 16.4 Å². The van der Waals surface area contributed by atoms with E-state index in [0.717, 1.165) is 54.6 Å². The number of pyridine rings is 5. The topological polar surface area (TPSA) is 315 Å². The quantitative estimate of drug-likeness (QED) is 0.0361. The van der Waals surface area contributed by atoms with Crippen LogP contribution < -0.4 is 21.9 Å². The number of benzene rings is 8. The summed E-state index contributed by atoms with van der Waals surface area (Å²) < 4.78 is 0. The van der Waals surface area contributed by atoms with Crippen LogP contribution in [0.5, 0.6) is 0 Å². The zero-order valence-corrected chi connectivity index (χ0v) is 45.4. The molecule has 2 amide bonds. The predicted molar refractivity (Wildman–Crippen MR) is 332 cm³/mol. The Morgan fingerprint density at radius 2 is 0.779 bits per heavy atom. The Balaban J connectivity index is 0.000000132. The lowest BCUT2D eigenvalue weighted by atomic mass is 10.0. The fourth-order valence-electron chi connectivity index (χ4n) is 8.96. The van der Waals surface area contributed by atoms with Crippen molar-refractivity contribution in [2.24, 2.45) is 0 Å². The molecule has 0 saturated heterocycles. The summed E-state index contributed by atoms with van der Waals surface area (Å²) in [5.74, 6) is -1.07. The number of anilines is 3. The molecule has 5 N–H and O–H groups in total. The van der Waals surface area contributed by atoms with Crippen LogP contribution in [0, 0.1) is 30.3 Å². The Hall–Kier alpha value is -12.2. The number of nitrogens with zero attached hydrogens (tertiary/aromatic N) is 7. The van der Waals surface area contributed by atoms with Gasteiger partial charge in [0.15, 0.2) is 0 Å². The van der Waals surface area contributed by atoms with E-state index in [1.165, 1.54) is 60.7 Å². The summed E-state index contributed by atoms with van der Waals surface area (Å²) in [4.78, 5) is 98.0. The number of para-hydroxylation sites is 6. The van der Waals surface area contributed by atoms with Gasteiger partial charge in [-0.2, -0.15) is 0 Å². The monoisotopic (exact) mass is 1160 g/mol. The first-order valence-corrected chi connectivity index (χ1v) is 26.1. The largest absolute Gasteiger partial charge is 0.397 e. The maximum absolute atomic E-state index is 12.3. The minimum absolute atomic E-state index is 0.0143. The van der Waals surface area contributed by atoms with Crippen LogP contribution in [-0.2, 0) is 0 Å². The molecule has 8 aromatic carbocycles. The molecule has 0 aliphatic heterocycles. The van der Waals surface area contributed by atoms with Gasteiger partial charge in [-0.3, -0.25) is 69.5 Å². The first-order valence-electron chi connectivity index (χ1n) is 25.8. The summed E-state index contributed by atoms with van der Waals surface area (Å²) in [5, 5.41) is 43.5. The summed E-state index contributed by atoms with van der Waals surface area (Å²) in [6.45, 7) is 0. The molecule has 0 atom stereocenters. The van der Waals surface area contributed by atoms with Gasteiger partial charge >= 0.3 is 0 Å². The first-order chi connectivity index (χ1) is 41.7. The highest BCUT2D eigenvalue weighted by Crippen LogP contribution is 2.29. The van der Waals surface area contributed by atoms with E-state index in [4.69, 9.17) is 17.3 Å². The predicted octanol–water partition coefficient (Wildman–Crippen LogP) is 13.8.